The first kappa shape index (κ1) is 14.4. The molecule has 0 aliphatic heterocycles. The zero-order chi connectivity index (χ0) is 14.5. The Bertz CT molecular complexity index is 626. The minimum absolute atomic E-state index is 0.823. The van der Waals surface area contributed by atoms with Crippen molar-refractivity contribution in [2.24, 2.45) is 4.99 Å². The summed E-state index contributed by atoms with van der Waals surface area (Å²) in [5.74, 6) is 0.843. The van der Waals surface area contributed by atoms with Gasteiger partial charge >= 0.3 is 0 Å². The zero-order valence-electron chi connectivity index (χ0n) is 12.3. The van der Waals surface area contributed by atoms with E-state index in [4.69, 9.17) is 4.43 Å². The SMILES string of the molecule is CC(=Nc1ccccc1O[SiH](C)C)c1nccnc1C. The molecule has 20 heavy (non-hydrogen) atoms. The Kier molecular flexibility index (Phi) is 4.63. The molecule has 0 radical (unpaired) electrons. The fraction of sp³-hybridized carbons (Fsp3) is 0.267. The van der Waals surface area contributed by atoms with Crippen LogP contribution in [-0.4, -0.2) is 24.7 Å². The molecule has 2 aromatic rings. The van der Waals surface area contributed by atoms with Gasteiger partial charge in [0.1, 0.15) is 17.1 Å². The predicted molar refractivity (Wildman–Crippen MR) is 84.6 cm³/mol. The Morgan fingerprint density at radius 1 is 1.15 bits per heavy atom. The minimum Gasteiger partial charge on any atom is -0.546 e. The normalized spacial score (nSPS) is 11.8. The Morgan fingerprint density at radius 2 is 1.85 bits per heavy atom. The molecule has 0 spiro atoms. The van der Waals surface area contributed by atoms with Gasteiger partial charge < -0.3 is 4.43 Å². The van der Waals surface area contributed by atoms with Crippen molar-refractivity contribution in [3.63, 3.8) is 0 Å². The lowest BCUT2D eigenvalue weighted by molar-refractivity contribution is 0.582. The van der Waals surface area contributed by atoms with Gasteiger partial charge in [0, 0.05) is 12.4 Å². The van der Waals surface area contributed by atoms with Crippen LogP contribution >= 0.6 is 0 Å². The molecule has 0 amide bonds. The van der Waals surface area contributed by atoms with E-state index in [-0.39, 0.29) is 0 Å². The van der Waals surface area contributed by atoms with Crippen molar-refractivity contribution >= 4 is 20.4 Å². The summed E-state index contributed by atoms with van der Waals surface area (Å²) < 4.78 is 5.91. The molecule has 0 saturated heterocycles. The molecule has 2 rings (SSSR count). The predicted octanol–water partition coefficient (Wildman–Crippen LogP) is 3.29. The molecule has 0 aliphatic carbocycles. The van der Waals surface area contributed by atoms with Crippen molar-refractivity contribution in [1.29, 1.82) is 0 Å². The Morgan fingerprint density at radius 3 is 2.55 bits per heavy atom. The van der Waals surface area contributed by atoms with Gasteiger partial charge in [-0.3, -0.25) is 9.97 Å². The van der Waals surface area contributed by atoms with E-state index in [1.807, 2.05) is 38.1 Å². The Labute approximate surface area is 121 Å². The second-order valence-corrected chi connectivity index (χ2v) is 7.16. The maximum absolute atomic E-state index is 5.91. The average Bonchev–Trinajstić information content (AvgIpc) is 2.41. The van der Waals surface area contributed by atoms with Crippen molar-refractivity contribution in [3.05, 3.63) is 48.0 Å². The maximum atomic E-state index is 5.91. The quantitative estimate of drug-likeness (QED) is 0.639. The van der Waals surface area contributed by atoms with E-state index in [0.29, 0.717) is 0 Å². The summed E-state index contributed by atoms with van der Waals surface area (Å²) in [5.41, 5.74) is 3.39. The molecule has 0 atom stereocenters. The van der Waals surface area contributed by atoms with Crippen molar-refractivity contribution < 1.29 is 4.43 Å². The third kappa shape index (κ3) is 3.51. The number of aromatic nitrogens is 2. The van der Waals surface area contributed by atoms with Crippen LogP contribution in [0.1, 0.15) is 18.3 Å². The van der Waals surface area contributed by atoms with E-state index < -0.39 is 9.04 Å². The standard InChI is InChI=1S/C15H19N3OSi/c1-11-15(17-10-9-16-11)12(2)18-13-7-5-6-8-14(13)19-20(3)4/h5-10,20H,1-4H3. The van der Waals surface area contributed by atoms with Gasteiger partial charge in [-0.15, -0.1) is 0 Å². The molecule has 4 nitrogen and oxygen atoms in total. The van der Waals surface area contributed by atoms with Gasteiger partial charge in [0.05, 0.1) is 11.4 Å². The fourth-order valence-electron chi connectivity index (χ4n) is 1.90. The summed E-state index contributed by atoms with van der Waals surface area (Å²) in [6.07, 6.45) is 3.37. The van der Waals surface area contributed by atoms with Gasteiger partial charge in [0.2, 0.25) is 9.04 Å². The van der Waals surface area contributed by atoms with Crippen molar-refractivity contribution in [3.8, 4) is 5.75 Å². The first-order chi connectivity index (χ1) is 9.58. The zero-order valence-corrected chi connectivity index (χ0v) is 13.4. The van der Waals surface area contributed by atoms with Crippen LogP contribution in [-0.2, 0) is 0 Å². The van der Waals surface area contributed by atoms with Crippen LogP contribution in [0.15, 0.2) is 41.7 Å². The van der Waals surface area contributed by atoms with Crippen molar-refractivity contribution in [2.45, 2.75) is 26.9 Å². The van der Waals surface area contributed by atoms with E-state index in [2.05, 4.69) is 28.1 Å². The number of nitrogens with zero attached hydrogens (tertiary/aromatic N) is 3. The molecular formula is C15H19N3OSi. The molecule has 0 aliphatic rings. The number of aliphatic imine (C=N–C) groups is 1. The number of para-hydroxylation sites is 2. The molecule has 1 aromatic carbocycles. The highest BCUT2D eigenvalue weighted by Gasteiger charge is 2.08. The summed E-state index contributed by atoms with van der Waals surface area (Å²) >= 11 is 0. The highest BCUT2D eigenvalue weighted by atomic mass is 28.3. The first-order valence-electron chi connectivity index (χ1n) is 6.67. The first-order valence-corrected chi connectivity index (χ1v) is 9.45. The van der Waals surface area contributed by atoms with Crippen LogP contribution in [0.5, 0.6) is 5.75 Å². The number of hydrogen-bond acceptors (Lipinski definition) is 4. The number of aryl methyl sites for hydroxylation is 1. The highest BCUT2D eigenvalue weighted by Crippen LogP contribution is 2.28. The number of hydrogen-bond donors (Lipinski definition) is 0. The molecule has 0 saturated carbocycles. The largest absolute Gasteiger partial charge is 0.546 e. The molecule has 1 aromatic heterocycles. The van der Waals surface area contributed by atoms with Gasteiger partial charge in [-0.05, 0) is 39.1 Å². The lowest BCUT2D eigenvalue weighted by Crippen LogP contribution is -2.11. The van der Waals surface area contributed by atoms with E-state index in [9.17, 15) is 0 Å². The van der Waals surface area contributed by atoms with Gasteiger partial charge in [0.15, 0.2) is 0 Å². The van der Waals surface area contributed by atoms with Crippen molar-refractivity contribution in [1.82, 2.24) is 9.97 Å². The third-order valence-corrected chi connectivity index (χ3v) is 3.47. The van der Waals surface area contributed by atoms with E-state index >= 15 is 0 Å². The van der Waals surface area contributed by atoms with E-state index in [1.54, 1.807) is 12.4 Å². The molecule has 5 heteroatoms. The number of benzene rings is 1. The monoisotopic (exact) mass is 285 g/mol. The summed E-state index contributed by atoms with van der Waals surface area (Å²) in [7, 11) is -1.15. The second-order valence-electron chi connectivity index (χ2n) is 4.82. The lowest BCUT2D eigenvalue weighted by Gasteiger charge is -2.12. The Hall–Kier alpha value is -2.01. The summed E-state index contributed by atoms with van der Waals surface area (Å²) in [5, 5.41) is 0. The molecule has 0 N–H and O–H groups in total. The number of rotatable bonds is 4. The van der Waals surface area contributed by atoms with Crippen LogP contribution in [0.4, 0.5) is 5.69 Å². The lowest BCUT2D eigenvalue weighted by atomic mass is 10.2. The van der Waals surface area contributed by atoms with E-state index in [1.165, 1.54) is 0 Å². The summed E-state index contributed by atoms with van der Waals surface area (Å²) in [6, 6.07) is 7.85. The van der Waals surface area contributed by atoms with Gasteiger partial charge in [-0.25, -0.2) is 4.99 Å². The van der Waals surface area contributed by atoms with Gasteiger partial charge in [-0.2, -0.15) is 0 Å². The molecular weight excluding hydrogens is 266 g/mol. The average molecular weight is 285 g/mol. The molecule has 0 unspecified atom stereocenters. The second kappa shape index (κ2) is 6.43. The smallest absolute Gasteiger partial charge is 0.229 e. The Balaban J connectivity index is 2.38. The maximum Gasteiger partial charge on any atom is 0.229 e. The summed E-state index contributed by atoms with van der Waals surface area (Å²) in [6.45, 7) is 8.16. The van der Waals surface area contributed by atoms with Crippen LogP contribution in [0, 0.1) is 6.92 Å². The molecule has 0 fully saturated rings. The molecule has 0 bridgehead atoms. The van der Waals surface area contributed by atoms with E-state index in [0.717, 1.165) is 28.5 Å². The summed E-state index contributed by atoms with van der Waals surface area (Å²) in [4.78, 5) is 13.2. The minimum atomic E-state index is -1.15. The topological polar surface area (TPSA) is 47.4 Å². The van der Waals surface area contributed by atoms with Crippen molar-refractivity contribution in [2.75, 3.05) is 0 Å². The highest BCUT2D eigenvalue weighted by molar-refractivity contribution is 6.49. The van der Waals surface area contributed by atoms with Gasteiger partial charge in [-0.1, -0.05) is 12.1 Å². The van der Waals surface area contributed by atoms with Crippen LogP contribution in [0.2, 0.25) is 13.1 Å². The van der Waals surface area contributed by atoms with Gasteiger partial charge in [0.25, 0.3) is 0 Å². The van der Waals surface area contributed by atoms with Crippen LogP contribution in [0.25, 0.3) is 0 Å². The fourth-order valence-corrected chi connectivity index (χ4v) is 2.61. The molecule has 1 heterocycles. The third-order valence-electron chi connectivity index (χ3n) is 2.74. The van der Waals surface area contributed by atoms with Crippen LogP contribution < -0.4 is 4.43 Å². The van der Waals surface area contributed by atoms with Crippen LogP contribution in [0.3, 0.4) is 0 Å². The molecule has 104 valence electrons.